The van der Waals surface area contributed by atoms with Gasteiger partial charge in [-0.2, -0.15) is 0 Å². The lowest BCUT2D eigenvalue weighted by molar-refractivity contribution is 0.632. The van der Waals surface area contributed by atoms with Crippen molar-refractivity contribution in [3.63, 3.8) is 0 Å². The molecular weight excluding hydrogens is 507 g/mol. The van der Waals surface area contributed by atoms with Crippen LogP contribution >= 0.6 is 0 Å². The molecule has 0 saturated carbocycles. The fourth-order valence-corrected chi connectivity index (χ4v) is 9.25. The van der Waals surface area contributed by atoms with Gasteiger partial charge in [0.1, 0.15) is 0 Å². The quantitative estimate of drug-likeness (QED) is 0.176. The third kappa shape index (κ3) is 2.37. The van der Waals surface area contributed by atoms with E-state index in [9.17, 15) is 0 Å². The first-order chi connectivity index (χ1) is 20.3. The molecule has 1 aromatic heterocycles. The number of nitrogens with zero attached hydrogens (tertiary/aromatic N) is 2. The average Bonchev–Trinajstić information content (AvgIpc) is 3.46. The topological polar surface area (TPSA) is 8.17 Å². The Balaban J connectivity index is 1.43. The molecule has 4 aliphatic rings. The molecule has 0 bridgehead atoms. The standard InChI is InChI=1S/C39H31BN2/c1-22-20-26-23-13-10-14-25-33-36(24-12-6-7-15-27(24)39(33,4)5)42(35(23)25)40-30-18-11-17-29-37(30)41(32(21-22)34(26)40)31-19-9-8-16-28(31)38(29,2)3/h6-21H,1-5H3. The van der Waals surface area contributed by atoms with E-state index in [4.69, 9.17) is 0 Å². The SMILES string of the molecule is Cc1cc2c3c(c1)N1c4ccccc4C(C)(C)c4cccc(c41)B3n1c3c(c4cccc-2c41)C(C)(C)c1ccccc1-3. The Bertz CT molecular complexity index is 2230. The van der Waals surface area contributed by atoms with Gasteiger partial charge in [-0.25, -0.2) is 0 Å². The third-order valence-corrected chi connectivity index (χ3v) is 10.9. The summed E-state index contributed by atoms with van der Waals surface area (Å²) < 4.78 is 2.75. The molecule has 0 spiro atoms. The molecule has 4 heterocycles. The van der Waals surface area contributed by atoms with Crippen LogP contribution in [0.1, 0.15) is 55.5 Å². The molecule has 0 unspecified atom stereocenters. The molecule has 42 heavy (non-hydrogen) atoms. The summed E-state index contributed by atoms with van der Waals surface area (Å²) in [6.07, 6.45) is 0. The van der Waals surface area contributed by atoms with E-state index in [1.807, 2.05) is 0 Å². The fraction of sp³-hybridized carbons (Fsp3) is 0.179. The first-order valence-electron chi connectivity index (χ1n) is 15.3. The van der Waals surface area contributed by atoms with Crippen LogP contribution in [0.4, 0.5) is 17.1 Å². The van der Waals surface area contributed by atoms with Gasteiger partial charge in [0, 0.05) is 49.9 Å². The van der Waals surface area contributed by atoms with Crippen LogP contribution in [-0.2, 0) is 10.8 Å². The van der Waals surface area contributed by atoms with Crippen molar-refractivity contribution in [3.05, 3.63) is 125 Å². The van der Waals surface area contributed by atoms with Gasteiger partial charge in [0.25, 0.3) is 0 Å². The van der Waals surface area contributed by atoms with Gasteiger partial charge in [-0.15, -0.1) is 0 Å². The minimum absolute atomic E-state index is 0.0684. The summed E-state index contributed by atoms with van der Waals surface area (Å²) >= 11 is 0. The highest BCUT2D eigenvalue weighted by Crippen LogP contribution is 2.57. The zero-order valence-electron chi connectivity index (χ0n) is 24.7. The number of aromatic nitrogens is 1. The first kappa shape index (κ1) is 23.1. The molecule has 6 aromatic rings. The number of aryl methyl sites for hydroxylation is 1. The molecule has 200 valence electrons. The summed E-state index contributed by atoms with van der Waals surface area (Å²) in [5.41, 5.74) is 20.6. The predicted octanol–water partition coefficient (Wildman–Crippen LogP) is 8.31. The molecule has 0 N–H and O–H groups in total. The Hall–Kier alpha value is -4.50. The van der Waals surface area contributed by atoms with Gasteiger partial charge in [0.2, 0.25) is 0 Å². The number of benzene rings is 5. The van der Waals surface area contributed by atoms with Crippen LogP contribution in [0.5, 0.6) is 0 Å². The molecule has 5 aromatic carbocycles. The minimum Gasteiger partial charge on any atom is -0.375 e. The highest BCUT2D eigenvalue weighted by Gasteiger charge is 2.50. The van der Waals surface area contributed by atoms with Crippen LogP contribution in [0.25, 0.3) is 33.3 Å². The molecule has 0 radical (unpaired) electrons. The Morgan fingerprint density at radius 3 is 2.19 bits per heavy atom. The minimum atomic E-state index is -0.0995. The second-order valence-corrected chi connectivity index (χ2v) is 13.8. The monoisotopic (exact) mass is 538 g/mol. The number of hydrogen-bond acceptors (Lipinski definition) is 1. The van der Waals surface area contributed by atoms with Crippen LogP contribution < -0.4 is 15.8 Å². The van der Waals surface area contributed by atoms with Crippen LogP contribution in [0.2, 0.25) is 0 Å². The van der Waals surface area contributed by atoms with E-state index in [0.29, 0.717) is 0 Å². The van der Waals surface area contributed by atoms with Gasteiger partial charge in [-0.05, 0) is 63.4 Å². The molecule has 0 saturated heterocycles. The summed E-state index contributed by atoms with van der Waals surface area (Å²) in [5, 5.41) is 1.40. The summed E-state index contributed by atoms with van der Waals surface area (Å²) in [7, 11) is 0. The van der Waals surface area contributed by atoms with Crippen molar-refractivity contribution in [1.82, 2.24) is 4.48 Å². The molecular formula is C39H31BN2. The Morgan fingerprint density at radius 1 is 0.619 bits per heavy atom. The predicted molar refractivity (Wildman–Crippen MR) is 177 cm³/mol. The molecule has 10 rings (SSSR count). The van der Waals surface area contributed by atoms with Crippen molar-refractivity contribution in [3.8, 4) is 22.4 Å². The van der Waals surface area contributed by atoms with E-state index in [-0.39, 0.29) is 17.7 Å². The zero-order valence-corrected chi connectivity index (χ0v) is 24.7. The second kappa shape index (κ2) is 7.10. The van der Waals surface area contributed by atoms with E-state index < -0.39 is 0 Å². The van der Waals surface area contributed by atoms with Crippen LogP contribution in [0.3, 0.4) is 0 Å². The lowest BCUT2D eigenvalue weighted by Gasteiger charge is -2.48. The lowest BCUT2D eigenvalue weighted by atomic mass is 9.44. The molecule has 1 aliphatic carbocycles. The summed E-state index contributed by atoms with van der Waals surface area (Å²) in [5.74, 6) is 0. The maximum Gasteiger partial charge on any atom is 0.333 e. The van der Waals surface area contributed by atoms with Crippen molar-refractivity contribution in [2.75, 3.05) is 4.90 Å². The summed E-state index contributed by atoms with van der Waals surface area (Å²) in [6.45, 7) is 12.0. The van der Waals surface area contributed by atoms with E-state index >= 15 is 0 Å². The van der Waals surface area contributed by atoms with Gasteiger partial charge < -0.3 is 9.38 Å². The highest BCUT2D eigenvalue weighted by atomic mass is 15.2. The molecule has 3 aliphatic heterocycles. The van der Waals surface area contributed by atoms with Gasteiger partial charge in [-0.3, -0.25) is 0 Å². The van der Waals surface area contributed by atoms with E-state index in [0.717, 1.165) is 0 Å². The van der Waals surface area contributed by atoms with Crippen LogP contribution in [0.15, 0.2) is 97.1 Å². The van der Waals surface area contributed by atoms with Crippen molar-refractivity contribution in [2.45, 2.75) is 45.4 Å². The second-order valence-electron chi connectivity index (χ2n) is 13.8. The molecule has 3 heteroatoms. The van der Waals surface area contributed by atoms with E-state index in [2.05, 4.69) is 141 Å². The van der Waals surface area contributed by atoms with Crippen LogP contribution in [-0.4, -0.2) is 11.3 Å². The summed E-state index contributed by atoms with van der Waals surface area (Å²) in [6, 6.07) is 37.1. The molecule has 2 nitrogen and oxygen atoms in total. The largest absolute Gasteiger partial charge is 0.375 e. The van der Waals surface area contributed by atoms with Crippen molar-refractivity contribution in [1.29, 1.82) is 0 Å². The van der Waals surface area contributed by atoms with Gasteiger partial charge in [0.05, 0.1) is 5.69 Å². The Labute approximate surface area is 247 Å². The third-order valence-electron chi connectivity index (χ3n) is 10.9. The van der Waals surface area contributed by atoms with Crippen molar-refractivity contribution < 1.29 is 0 Å². The average molecular weight is 539 g/mol. The van der Waals surface area contributed by atoms with Gasteiger partial charge in [0.15, 0.2) is 0 Å². The number of anilines is 3. The van der Waals surface area contributed by atoms with E-state index in [1.54, 1.807) is 0 Å². The molecule has 0 fully saturated rings. The Kier molecular flexibility index (Phi) is 3.91. The zero-order chi connectivity index (χ0) is 28.3. The van der Waals surface area contributed by atoms with Gasteiger partial charge >= 0.3 is 6.85 Å². The molecule has 0 atom stereocenters. The normalized spacial score (nSPS) is 17.0. The van der Waals surface area contributed by atoms with E-state index in [1.165, 1.54) is 89.1 Å². The Morgan fingerprint density at radius 2 is 1.33 bits per heavy atom. The highest BCUT2D eigenvalue weighted by molar-refractivity contribution is 6.89. The number of rotatable bonds is 0. The number of hydrogen-bond donors (Lipinski definition) is 0. The lowest BCUT2D eigenvalue weighted by Crippen LogP contribution is -2.58. The smallest absolute Gasteiger partial charge is 0.333 e. The number of para-hydroxylation sites is 3. The fourth-order valence-electron chi connectivity index (χ4n) is 9.25. The summed E-state index contributed by atoms with van der Waals surface area (Å²) in [4.78, 5) is 2.60. The van der Waals surface area contributed by atoms with Crippen LogP contribution in [0, 0.1) is 6.92 Å². The van der Waals surface area contributed by atoms with Gasteiger partial charge in [-0.1, -0.05) is 113 Å². The first-order valence-corrected chi connectivity index (χ1v) is 15.3. The maximum atomic E-state index is 2.75. The number of fused-ring (bicyclic) bond motifs is 11. The van der Waals surface area contributed by atoms with Crippen molar-refractivity contribution in [2.24, 2.45) is 0 Å². The van der Waals surface area contributed by atoms with Crippen molar-refractivity contribution >= 4 is 45.7 Å². The maximum absolute atomic E-state index is 2.75. The molecule has 0 amide bonds.